The van der Waals surface area contributed by atoms with Crippen LogP contribution in [0.25, 0.3) is 0 Å². The molecule has 3 nitrogen and oxygen atoms in total. The van der Waals surface area contributed by atoms with E-state index in [-0.39, 0.29) is 0 Å². The van der Waals surface area contributed by atoms with Gasteiger partial charge in [-0.3, -0.25) is 0 Å². The van der Waals surface area contributed by atoms with E-state index in [9.17, 15) is 0 Å². The molecule has 0 aromatic carbocycles. The van der Waals surface area contributed by atoms with Crippen LogP contribution >= 0.6 is 0 Å². The first kappa shape index (κ1) is 10.7. The maximum absolute atomic E-state index is 5.33. The van der Waals surface area contributed by atoms with Crippen LogP contribution in [-0.2, 0) is 19.4 Å². The quantitative estimate of drug-likeness (QED) is 0.807. The highest BCUT2D eigenvalue weighted by molar-refractivity contribution is 5.23. The van der Waals surface area contributed by atoms with Gasteiger partial charge in [0.15, 0.2) is 0 Å². The molecule has 1 saturated carbocycles. The Bertz CT molecular complexity index is 294. The summed E-state index contributed by atoms with van der Waals surface area (Å²) in [5.41, 5.74) is 2.42. The van der Waals surface area contributed by atoms with Crippen molar-refractivity contribution >= 4 is 0 Å². The van der Waals surface area contributed by atoms with E-state index in [0.29, 0.717) is 0 Å². The molecule has 84 valence electrons. The van der Waals surface area contributed by atoms with Gasteiger partial charge in [0, 0.05) is 24.6 Å². The van der Waals surface area contributed by atoms with E-state index in [1.165, 1.54) is 24.8 Å². The third-order valence-electron chi connectivity index (χ3n) is 3.28. The van der Waals surface area contributed by atoms with Gasteiger partial charge in [-0.25, -0.2) is 0 Å². The topological polar surface area (TPSA) is 38.1 Å². The second-order valence-electron chi connectivity index (χ2n) is 4.25. The standard InChI is InChI=1S/C12H20N2O/c1-3-11-10(12(4-2)15-14-11)8-13-9-6-5-7-9/h9,13H,3-8H2,1-2H3. The molecule has 0 unspecified atom stereocenters. The maximum atomic E-state index is 5.33. The van der Waals surface area contributed by atoms with Gasteiger partial charge in [-0.15, -0.1) is 0 Å². The van der Waals surface area contributed by atoms with E-state index in [0.717, 1.165) is 36.9 Å². The third kappa shape index (κ3) is 2.23. The first-order valence-corrected chi connectivity index (χ1v) is 6.04. The summed E-state index contributed by atoms with van der Waals surface area (Å²) < 4.78 is 5.33. The number of nitrogens with zero attached hydrogens (tertiary/aromatic N) is 1. The van der Waals surface area contributed by atoms with Crippen LogP contribution in [0.1, 0.15) is 50.1 Å². The summed E-state index contributed by atoms with van der Waals surface area (Å²) in [6.07, 6.45) is 5.94. The lowest BCUT2D eigenvalue weighted by Crippen LogP contribution is -2.34. The highest BCUT2D eigenvalue weighted by Gasteiger charge is 2.19. The fourth-order valence-corrected chi connectivity index (χ4v) is 2.00. The van der Waals surface area contributed by atoms with Crippen molar-refractivity contribution in [1.82, 2.24) is 10.5 Å². The summed E-state index contributed by atoms with van der Waals surface area (Å²) in [6, 6.07) is 0.731. The van der Waals surface area contributed by atoms with Crippen molar-refractivity contribution < 1.29 is 4.52 Å². The fourth-order valence-electron chi connectivity index (χ4n) is 2.00. The molecule has 1 aromatic rings. The van der Waals surface area contributed by atoms with Crippen LogP contribution < -0.4 is 5.32 Å². The normalized spacial score (nSPS) is 16.7. The van der Waals surface area contributed by atoms with Crippen molar-refractivity contribution in [2.75, 3.05) is 0 Å². The van der Waals surface area contributed by atoms with Crippen molar-refractivity contribution in [2.45, 2.75) is 58.5 Å². The average Bonchev–Trinajstić information content (AvgIpc) is 2.58. The first-order chi connectivity index (χ1) is 7.35. The van der Waals surface area contributed by atoms with E-state index in [1.807, 2.05) is 0 Å². The van der Waals surface area contributed by atoms with Gasteiger partial charge in [0.05, 0.1) is 5.69 Å². The summed E-state index contributed by atoms with van der Waals surface area (Å²) in [6.45, 7) is 5.18. The molecule has 1 N–H and O–H groups in total. The highest BCUT2D eigenvalue weighted by Crippen LogP contribution is 2.20. The van der Waals surface area contributed by atoms with E-state index in [1.54, 1.807) is 0 Å². The minimum Gasteiger partial charge on any atom is -0.361 e. The molecule has 0 radical (unpaired) electrons. The number of nitrogens with one attached hydrogen (secondary N) is 1. The molecule has 1 aliphatic carbocycles. The lowest BCUT2D eigenvalue weighted by Gasteiger charge is -2.26. The van der Waals surface area contributed by atoms with E-state index < -0.39 is 0 Å². The van der Waals surface area contributed by atoms with Crippen LogP contribution in [-0.4, -0.2) is 11.2 Å². The SMILES string of the molecule is CCc1noc(CC)c1CNC1CCC1. The van der Waals surface area contributed by atoms with Crippen LogP contribution in [0.5, 0.6) is 0 Å². The Kier molecular flexibility index (Phi) is 3.41. The van der Waals surface area contributed by atoms with Crippen molar-refractivity contribution in [3.8, 4) is 0 Å². The Balaban J connectivity index is 1.99. The van der Waals surface area contributed by atoms with Crippen molar-refractivity contribution in [3.05, 3.63) is 17.0 Å². The smallest absolute Gasteiger partial charge is 0.141 e. The maximum Gasteiger partial charge on any atom is 0.141 e. The second-order valence-corrected chi connectivity index (χ2v) is 4.25. The molecule has 1 heterocycles. The van der Waals surface area contributed by atoms with Crippen LogP contribution in [0.4, 0.5) is 0 Å². The Morgan fingerprint density at radius 3 is 2.67 bits per heavy atom. The molecule has 1 fully saturated rings. The van der Waals surface area contributed by atoms with Gasteiger partial charge in [0.2, 0.25) is 0 Å². The van der Waals surface area contributed by atoms with Crippen molar-refractivity contribution in [3.63, 3.8) is 0 Å². The number of aryl methyl sites for hydroxylation is 2. The van der Waals surface area contributed by atoms with E-state index in [2.05, 4.69) is 24.3 Å². The van der Waals surface area contributed by atoms with Crippen LogP contribution in [0.3, 0.4) is 0 Å². The Hall–Kier alpha value is -0.830. The summed E-state index contributed by atoms with van der Waals surface area (Å²) in [5.74, 6) is 1.05. The molecule has 0 bridgehead atoms. The number of aromatic nitrogens is 1. The molecule has 0 atom stereocenters. The summed E-state index contributed by atoms with van der Waals surface area (Å²) in [4.78, 5) is 0. The van der Waals surface area contributed by atoms with Gasteiger partial charge < -0.3 is 9.84 Å². The molecular formula is C12H20N2O. The van der Waals surface area contributed by atoms with E-state index >= 15 is 0 Å². The van der Waals surface area contributed by atoms with Crippen LogP contribution in [0.2, 0.25) is 0 Å². The summed E-state index contributed by atoms with van der Waals surface area (Å²) in [5, 5.41) is 7.68. The van der Waals surface area contributed by atoms with Crippen molar-refractivity contribution in [1.29, 1.82) is 0 Å². The van der Waals surface area contributed by atoms with Crippen molar-refractivity contribution in [2.24, 2.45) is 0 Å². The molecule has 0 spiro atoms. The predicted molar refractivity (Wildman–Crippen MR) is 59.7 cm³/mol. The predicted octanol–water partition coefficient (Wildman–Crippen LogP) is 2.44. The summed E-state index contributed by atoms with van der Waals surface area (Å²) >= 11 is 0. The molecule has 0 saturated heterocycles. The minimum atomic E-state index is 0.731. The molecular weight excluding hydrogens is 188 g/mol. The van der Waals surface area contributed by atoms with Gasteiger partial charge >= 0.3 is 0 Å². The largest absolute Gasteiger partial charge is 0.361 e. The Morgan fingerprint density at radius 2 is 2.13 bits per heavy atom. The Labute approximate surface area is 91.2 Å². The molecule has 2 rings (SSSR count). The zero-order valence-electron chi connectivity index (χ0n) is 9.68. The van der Waals surface area contributed by atoms with Gasteiger partial charge in [-0.2, -0.15) is 0 Å². The second kappa shape index (κ2) is 4.79. The van der Waals surface area contributed by atoms with Gasteiger partial charge in [-0.05, 0) is 19.3 Å². The molecule has 0 amide bonds. The summed E-state index contributed by atoms with van der Waals surface area (Å²) in [7, 11) is 0. The molecule has 15 heavy (non-hydrogen) atoms. The van der Waals surface area contributed by atoms with Gasteiger partial charge in [0.1, 0.15) is 5.76 Å². The first-order valence-electron chi connectivity index (χ1n) is 6.04. The number of rotatable bonds is 5. The molecule has 1 aromatic heterocycles. The highest BCUT2D eigenvalue weighted by atomic mass is 16.5. The number of hydrogen-bond acceptors (Lipinski definition) is 3. The van der Waals surface area contributed by atoms with Gasteiger partial charge in [0.25, 0.3) is 0 Å². The minimum absolute atomic E-state index is 0.731. The zero-order valence-corrected chi connectivity index (χ0v) is 9.68. The average molecular weight is 208 g/mol. The lowest BCUT2D eigenvalue weighted by atomic mass is 9.93. The van der Waals surface area contributed by atoms with Crippen LogP contribution in [0.15, 0.2) is 4.52 Å². The monoisotopic (exact) mass is 208 g/mol. The fraction of sp³-hybridized carbons (Fsp3) is 0.750. The molecule has 3 heteroatoms. The van der Waals surface area contributed by atoms with Crippen LogP contribution in [0, 0.1) is 0 Å². The lowest BCUT2D eigenvalue weighted by molar-refractivity contribution is 0.336. The van der Waals surface area contributed by atoms with E-state index in [4.69, 9.17) is 4.52 Å². The zero-order chi connectivity index (χ0) is 10.7. The number of hydrogen-bond donors (Lipinski definition) is 1. The molecule has 0 aliphatic heterocycles. The molecule has 1 aliphatic rings. The Morgan fingerprint density at radius 1 is 1.33 bits per heavy atom. The van der Waals surface area contributed by atoms with Gasteiger partial charge in [-0.1, -0.05) is 25.4 Å². The third-order valence-corrected chi connectivity index (χ3v) is 3.28.